The molecule has 1 fully saturated rings. The van der Waals surface area contributed by atoms with E-state index in [4.69, 9.17) is 5.11 Å². The number of carbonyl (C=O) groups excluding carboxylic acids is 2. The molecule has 1 aliphatic heterocycles. The first-order chi connectivity index (χ1) is 8.93. The molecular weight excluding hydrogens is 250 g/mol. The number of aliphatic carboxylic acids is 1. The van der Waals surface area contributed by atoms with Crippen LogP contribution >= 0.6 is 0 Å². The Balaban J connectivity index is 2.48. The molecule has 1 heterocycles. The van der Waals surface area contributed by atoms with Gasteiger partial charge in [-0.1, -0.05) is 0 Å². The van der Waals surface area contributed by atoms with Gasteiger partial charge in [-0.2, -0.15) is 0 Å². The van der Waals surface area contributed by atoms with Gasteiger partial charge < -0.3 is 20.6 Å². The molecular formula is C12H19N3O4. The van der Waals surface area contributed by atoms with Crippen LogP contribution in [-0.4, -0.2) is 60.5 Å². The van der Waals surface area contributed by atoms with Crippen LogP contribution in [-0.2, 0) is 14.4 Å². The topological polar surface area (TPSA) is 98.7 Å². The highest BCUT2D eigenvalue weighted by atomic mass is 16.4. The Morgan fingerprint density at radius 3 is 2.26 bits per heavy atom. The summed E-state index contributed by atoms with van der Waals surface area (Å²) in [5.74, 6) is -1.82. The third-order valence-electron chi connectivity index (χ3n) is 3.09. The summed E-state index contributed by atoms with van der Waals surface area (Å²) in [7, 11) is 0. The van der Waals surface area contributed by atoms with Crippen molar-refractivity contribution in [2.75, 3.05) is 32.7 Å². The number of carbonyl (C=O) groups is 3. The Hall–Kier alpha value is -1.89. The summed E-state index contributed by atoms with van der Waals surface area (Å²) >= 11 is 0. The average Bonchev–Trinajstić information content (AvgIpc) is 2.43. The molecule has 0 spiro atoms. The highest BCUT2D eigenvalue weighted by molar-refractivity contribution is 6.02. The molecule has 0 aromatic rings. The first kappa shape index (κ1) is 15.2. The van der Waals surface area contributed by atoms with Gasteiger partial charge in [0, 0.05) is 37.3 Å². The molecule has 0 aromatic carbocycles. The van der Waals surface area contributed by atoms with Crippen LogP contribution in [0.4, 0.5) is 0 Å². The molecule has 1 saturated heterocycles. The number of carboxylic acids is 1. The second kappa shape index (κ2) is 6.89. The number of amides is 2. The van der Waals surface area contributed by atoms with Crippen LogP contribution in [0.25, 0.3) is 0 Å². The molecule has 2 amide bonds. The second-order valence-electron chi connectivity index (χ2n) is 4.37. The Morgan fingerprint density at radius 1 is 1.16 bits per heavy atom. The average molecular weight is 269 g/mol. The fraction of sp³-hybridized carbons (Fsp3) is 0.583. The van der Waals surface area contributed by atoms with Gasteiger partial charge in [0.05, 0.1) is 6.54 Å². The number of rotatable bonds is 4. The lowest BCUT2D eigenvalue weighted by Gasteiger charge is -2.27. The van der Waals surface area contributed by atoms with Crippen molar-refractivity contribution in [2.24, 2.45) is 0 Å². The van der Waals surface area contributed by atoms with Gasteiger partial charge in [-0.3, -0.25) is 9.59 Å². The standard InChI is InChI=1S/C12H19N3O4/c1-8(9(2)12(18)19)11(17)14-7-10(16)15-5-3-13-4-6-15/h13H,3-7H2,1-2H3,(H,14,17)(H,18,19). The Bertz CT molecular complexity index is 411. The van der Waals surface area contributed by atoms with Crippen LogP contribution in [0.3, 0.4) is 0 Å². The lowest BCUT2D eigenvalue weighted by Crippen LogP contribution is -2.49. The highest BCUT2D eigenvalue weighted by Gasteiger charge is 2.18. The number of hydrogen-bond acceptors (Lipinski definition) is 4. The van der Waals surface area contributed by atoms with E-state index in [1.165, 1.54) is 13.8 Å². The van der Waals surface area contributed by atoms with E-state index in [9.17, 15) is 14.4 Å². The largest absolute Gasteiger partial charge is 0.478 e. The van der Waals surface area contributed by atoms with Crippen LogP contribution in [0.1, 0.15) is 13.8 Å². The summed E-state index contributed by atoms with van der Waals surface area (Å²) in [5, 5.41) is 14.3. The van der Waals surface area contributed by atoms with E-state index in [-0.39, 0.29) is 23.6 Å². The molecule has 7 nitrogen and oxygen atoms in total. The minimum absolute atomic E-state index is 0.0212. The van der Waals surface area contributed by atoms with E-state index in [1.54, 1.807) is 4.90 Å². The monoisotopic (exact) mass is 269 g/mol. The number of hydrogen-bond donors (Lipinski definition) is 3. The van der Waals surface area contributed by atoms with Crippen molar-refractivity contribution in [3.8, 4) is 0 Å². The number of piperazine rings is 1. The lowest BCUT2D eigenvalue weighted by atomic mass is 10.1. The summed E-state index contributed by atoms with van der Waals surface area (Å²) in [6.07, 6.45) is 0. The van der Waals surface area contributed by atoms with Gasteiger partial charge in [0.2, 0.25) is 11.8 Å². The molecule has 1 rings (SSSR count). The summed E-state index contributed by atoms with van der Waals surface area (Å²) in [6.45, 7) is 5.41. The van der Waals surface area contributed by atoms with Gasteiger partial charge in [-0.25, -0.2) is 4.79 Å². The van der Waals surface area contributed by atoms with Crippen LogP contribution in [0, 0.1) is 0 Å². The molecule has 19 heavy (non-hydrogen) atoms. The first-order valence-corrected chi connectivity index (χ1v) is 6.11. The number of nitrogens with zero attached hydrogens (tertiary/aromatic N) is 1. The minimum atomic E-state index is -1.14. The van der Waals surface area contributed by atoms with Crippen molar-refractivity contribution in [1.29, 1.82) is 0 Å². The molecule has 0 aliphatic carbocycles. The fourth-order valence-corrected chi connectivity index (χ4v) is 1.65. The molecule has 0 atom stereocenters. The van der Waals surface area contributed by atoms with Gasteiger partial charge >= 0.3 is 5.97 Å². The summed E-state index contributed by atoms with van der Waals surface area (Å²) < 4.78 is 0. The van der Waals surface area contributed by atoms with E-state index in [1.807, 2.05) is 0 Å². The maximum atomic E-state index is 11.8. The van der Waals surface area contributed by atoms with Crippen molar-refractivity contribution in [1.82, 2.24) is 15.5 Å². The van der Waals surface area contributed by atoms with E-state index < -0.39 is 11.9 Å². The molecule has 0 bridgehead atoms. The molecule has 0 saturated carbocycles. The van der Waals surface area contributed by atoms with Crippen molar-refractivity contribution in [3.63, 3.8) is 0 Å². The maximum absolute atomic E-state index is 11.8. The Morgan fingerprint density at radius 2 is 1.74 bits per heavy atom. The van der Waals surface area contributed by atoms with Crippen LogP contribution in [0.5, 0.6) is 0 Å². The zero-order valence-electron chi connectivity index (χ0n) is 11.2. The van der Waals surface area contributed by atoms with E-state index in [2.05, 4.69) is 10.6 Å². The zero-order chi connectivity index (χ0) is 14.4. The smallest absolute Gasteiger partial charge is 0.331 e. The minimum Gasteiger partial charge on any atom is -0.478 e. The summed E-state index contributed by atoms with van der Waals surface area (Å²) in [6, 6.07) is 0. The molecule has 0 unspecified atom stereocenters. The van der Waals surface area contributed by atoms with Gasteiger partial charge in [0.25, 0.3) is 0 Å². The van der Waals surface area contributed by atoms with E-state index in [0.29, 0.717) is 13.1 Å². The van der Waals surface area contributed by atoms with E-state index >= 15 is 0 Å². The zero-order valence-corrected chi connectivity index (χ0v) is 11.2. The molecule has 106 valence electrons. The predicted molar refractivity (Wildman–Crippen MR) is 68.5 cm³/mol. The van der Waals surface area contributed by atoms with Crippen molar-refractivity contribution < 1.29 is 19.5 Å². The van der Waals surface area contributed by atoms with Crippen LogP contribution < -0.4 is 10.6 Å². The van der Waals surface area contributed by atoms with Crippen LogP contribution in [0.2, 0.25) is 0 Å². The van der Waals surface area contributed by atoms with Gasteiger partial charge in [-0.15, -0.1) is 0 Å². The van der Waals surface area contributed by atoms with Crippen LogP contribution in [0.15, 0.2) is 11.1 Å². The second-order valence-corrected chi connectivity index (χ2v) is 4.37. The quantitative estimate of drug-likeness (QED) is 0.566. The lowest BCUT2D eigenvalue weighted by molar-refractivity contribution is -0.133. The normalized spacial score (nSPS) is 16.6. The summed E-state index contributed by atoms with van der Waals surface area (Å²) in [4.78, 5) is 35.8. The van der Waals surface area contributed by atoms with Gasteiger partial charge in [0.15, 0.2) is 0 Å². The Labute approximate surface area is 111 Å². The third kappa shape index (κ3) is 4.36. The molecule has 0 aromatic heterocycles. The predicted octanol–water partition coefficient (Wildman–Crippen LogP) is -1.04. The Kier molecular flexibility index (Phi) is 5.50. The molecule has 0 radical (unpaired) electrons. The molecule has 7 heteroatoms. The summed E-state index contributed by atoms with van der Waals surface area (Å²) in [5.41, 5.74) is 0.0905. The van der Waals surface area contributed by atoms with Crippen molar-refractivity contribution in [3.05, 3.63) is 11.1 Å². The van der Waals surface area contributed by atoms with Gasteiger partial charge in [-0.05, 0) is 13.8 Å². The van der Waals surface area contributed by atoms with E-state index in [0.717, 1.165) is 13.1 Å². The molecule has 1 aliphatic rings. The number of carboxylic acid groups (broad SMARTS) is 1. The van der Waals surface area contributed by atoms with Gasteiger partial charge in [0.1, 0.15) is 0 Å². The number of nitrogens with one attached hydrogen (secondary N) is 2. The third-order valence-corrected chi connectivity index (χ3v) is 3.09. The molecule has 3 N–H and O–H groups in total. The van der Waals surface area contributed by atoms with Crippen molar-refractivity contribution >= 4 is 17.8 Å². The SMILES string of the molecule is CC(C(=O)O)=C(C)C(=O)NCC(=O)N1CCNCC1. The first-order valence-electron chi connectivity index (χ1n) is 6.11. The highest BCUT2D eigenvalue weighted by Crippen LogP contribution is 2.03. The maximum Gasteiger partial charge on any atom is 0.331 e. The fourth-order valence-electron chi connectivity index (χ4n) is 1.65. The van der Waals surface area contributed by atoms with Crippen molar-refractivity contribution in [2.45, 2.75) is 13.8 Å².